The summed E-state index contributed by atoms with van der Waals surface area (Å²) in [5.74, 6) is -3.93. The minimum absolute atomic E-state index is 0.0961. The number of thioether (sulfide) groups is 3. The quantitative estimate of drug-likeness (QED) is 0.192. The molecule has 4 amide bonds. The number of nitrogens with zero attached hydrogens (tertiary/aromatic N) is 4. The van der Waals surface area contributed by atoms with E-state index in [1.54, 1.807) is 0 Å². The van der Waals surface area contributed by atoms with Crippen LogP contribution in [0.2, 0.25) is 0 Å². The summed E-state index contributed by atoms with van der Waals surface area (Å²) < 4.78 is 36.9. The summed E-state index contributed by atoms with van der Waals surface area (Å²) in [6.07, 6.45) is 0.219. The van der Waals surface area contributed by atoms with Crippen molar-refractivity contribution in [2.75, 3.05) is 18.1 Å². The Bertz CT molecular complexity index is 992. The number of carbonyl (C=O) groups excluding carboxylic acids is 3. The first kappa shape index (κ1) is 25.9. The number of H-pyrrole nitrogens is 1. The molecule has 186 valence electrons. The Morgan fingerprint density at radius 2 is 2.12 bits per heavy atom. The lowest BCUT2D eigenvalue weighted by molar-refractivity contribution is -0.150. The molecule has 0 saturated carbocycles. The Labute approximate surface area is 201 Å². The minimum atomic E-state index is -4.60. The van der Waals surface area contributed by atoms with Crippen LogP contribution in [0.25, 0.3) is 0 Å². The molecule has 0 spiro atoms. The molecule has 2 aliphatic rings. The first-order chi connectivity index (χ1) is 16.0. The van der Waals surface area contributed by atoms with Gasteiger partial charge in [-0.05, 0) is 29.0 Å². The average Bonchev–Trinajstić information content (AvgIpc) is 3.26. The number of hydrogen-bond donors (Lipinski definition) is 5. The van der Waals surface area contributed by atoms with Crippen molar-refractivity contribution in [3.63, 3.8) is 0 Å². The van der Waals surface area contributed by atoms with Crippen LogP contribution in [0, 0.1) is 0 Å². The molecule has 6 N–H and O–H groups in total. The Morgan fingerprint density at radius 3 is 2.71 bits per heavy atom. The van der Waals surface area contributed by atoms with Crippen molar-refractivity contribution in [1.29, 1.82) is 0 Å². The van der Waals surface area contributed by atoms with Gasteiger partial charge in [0.25, 0.3) is 5.91 Å². The maximum atomic E-state index is 12.7. The second kappa shape index (κ2) is 10.7. The Morgan fingerprint density at radius 1 is 1.38 bits per heavy atom. The summed E-state index contributed by atoms with van der Waals surface area (Å²) in [7, 11) is 0. The van der Waals surface area contributed by atoms with Crippen molar-refractivity contribution in [2.24, 2.45) is 5.73 Å². The van der Waals surface area contributed by atoms with Crippen LogP contribution in [0.3, 0.4) is 0 Å². The van der Waals surface area contributed by atoms with E-state index in [4.69, 9.17) is 5.73 Å². The van der Waals surface area contributed by atoms with Gasteiger partial charge in [0.2, 0.25) is 11.1 Å². The van der Waals surface area contributed by atoms with E-state index in [1.807, 2.05) is 0 Å². The van der Waals surface area contributed by atoms with Crippen LogP contribution in [0.4, 0.5) is 18.0 Å². The van der Waals surface area contributed by atoms with Gasteiger partial charge in [-0.1, -0.05) is 11.8 Å². The zero-order valence-corrected chi connectivity index (χ0v) is 19.3. The van der Waals surface area contributed by atoms with Crippen molar-refractivity contribution in [1.82, 2.24) is 36.2 Å². The number of halogens is 3. The number of aliphatic carboxylic acids is 1. The number of aromatic nitrogens is 4. The number of hydrogen-bond acceptors (Lipinski definition) is 10. The highest BCUT2D eigenvalue weighted by molar-refractivity contribution is 8.01. The number of tetrazole rings is 1. The number of carbonyl (C=O) groups is 4. The van der Waals surface area contributed by atoms with Crippen LogP contribution in [0.1, 0.15) is 6.42 Å². The summed E-state index contributed by atoms with van der Waals surface area (Å²) in [6, 6.07) is -1.92. The lowest BCUT2D eigenvalue weighted by atomic mass is 10.0. The van der Waals surface area contributed by atoms with Crippen molar-refractivity contribution >= 4 is 59.1 Å². The standard InChI is InChI=1S/C15H17F3N8O5S3/c16-15(17,18)33-4-7(27)21-8-10(28)26-9(12(29)30)5(3-32-11(8)26)6(1-2-20-13(19)31)34-14-22-24-25-23-14/h6,8,11H,1-4H2,(H,21,27)(H,29,30)(H3,19,20,31)(H,22,23,24,25)/t6?,8?,11-/m0/s1. The lowest BCUT2D eigenvalue weighted by Gasteiger charge is -2.50. The van der Waals surface area contributed by atoms with Gasteiger partial charge in [-0.3, -0.25) is 14.5 Å². The number of urea groups is 1. The molecule has 0 aromatic carbocycles. The summed E-state index contributed by atoms with van der Waals surface area (Å²) >= 11 is 1.68. The fourth-order valence-corrected chi connectivity index (χ4v) is 6.13. The Kier molecular flexibility index (Phi) is 8.18. The molecule has 3 atom stereocenters. The smallest absolute Gasteiger partial charge is 0.442 e. The molecular formula is C15H17F3N8O5S3. The topological polar surface area (TPSA) is 196 Å². The molecule has 34 heavy (non-hydrogen) atoms. The van der Waals surface area contributed by atoms with Crippen molar-refractivity contribution in [2.45, 2.75) is 33.8 Å². The first-order valence-electron chi connectivity index (χ1n) is 9.32. The van der Waals surface area contributed by atoms with Gasteiger partial charge in [0.15, 0.2) is 0 Å². The summed E-state index contributed by atoms with van der Waals surface area (Å²) in [4.78, 5) is 48.7. The van der Waals surface area contributed by atoms with Crippen LogP contribution < -0.4 is 16.4 Å². The molecule has 0 aliphatic carbocycles. The molecule has 1 aromatic heterocycles. The molecule has 0 bridgehead atoms. The monoisotopic (exact) mass is 542 g/mol. The van der Waals surface area contributed by atoms with Gasteiger partial charge in [-0.25, -0.2) is 9.59 Å². The van der Waals surface area contributed by atoms with Crippen LogP contribution in [-0.4, -0.2) is 94.7 Å². The molecule has 13 nitrogen and oxygen atoms in total. The molecule has 0 radical (unpaired) electrons. The Balaban J connectivity index is 1.78. The zero-order valence-electron chi connectivity index (χ0n) is 16.9. The maximum absolute atomic E-state index is 12.7. The SMILES string of the molecule is NC(=O)NCCC(Sc1nn[nH]n1)C1=C(C(=O)O)N2C(=O)C(NC(=O)CSC(F)(F)F)[C@@H]2SC1. The van der Waals surface area contributed by atoms with Gasteiger partial charge in [0.1, 0.15) is 17.1 Å². The molecule has 1 aromatic rings. The predicted octanol–water partition coefficient (Wildman–Crippen LogP) is -0.290. The molecule has 1 fully saturated rings. The van der Waals surface area contributed by atoms with Gasteiger partial charge >= 0.3 is 17.5 Å². The maximum Gasteiger partial charge on any atom is 0.442 e. The first-order valence-corrected chi connectivity index (χ1v) is 12.2. The third-order valence-electron chi connectivity index (χ3n) is 4.55. The number of fused-ring (bicyclic) bond motifs is 1. The normalized spacial score (nSPS) is 20.9. The number of aromatic amines is 1. The summed E-state index contributed by atoms with van der Waals surface area (Å²) in [5, 5.41) is 26.7. The molecule has 2 aliphatic heterocycles. The van der Waals surface area contributed by atoms with Gasteiger partial charge in [0.05, 0.1) is 5.75 Å². The van der Waals surface area contributed by atoms with Gasteiger partial charge < -0.3 is 21.5 Å². The number of nitrogens with two attached hydrogens (primary N) is 1. The van der Waals surface area contributed by atoms with E-state index in [-0.39, 0.29) is 29.6 Å². The summed E-state index contributed by atoms with van der Waals surface area (Å²) in [5.41, 5.74) is 0.523. The number of carboxylic acid groups (broad SMARTS) is 1. The zero-order chi connectivity index (χ0) is 25.0. The van der Waals surface area contributed by atoms with E-state index in [0.717, 1.165) is 28.4 Å². The number of alkyl halides is 3. The van der Waals surface area contributed by atoms with Crippen molar-refractivity contribution < 1.29 is 37.5 Å². The van der Waals surface area contributed by atoms with Crippen molar-refractivity contribution in [3.8, 4) is 0 Å². The number of primary amides is 1. The van der Waals surface area contributed by atoms with E-state index in [2.05, 4.69) is 31.3 Å². The second-order valence-electron chi connectivity index (χ2n) is 6.75. The fraction of sp³-hybridized carbons (Fsp3) is 0.533. The number of β-lactam (4-membered cyclic amide) rings is 1. The highest BCUT2D eigenvalue weighted by atomic mass is 32.2. The highest BCUT2D eigenvalue weighted by Crippen LogP contribution is 2.44. The van der Waals surface area contributed by atoms with Gasteiger partial charge in [0, 0.05) is 17.5 Å². The molecule has 3 heterocycles. The van der Waals surface area contributed by atoms with E-state index in [0.29, 0.717) is 5.57 Å². The molecule has 19 heteroatoms. The molecule has 3 rings (SSSR count). The van der Waals surface area contributed by atoms with Crippen LogP contribution in [0.15, 0.2) is 16.4 Å². The third-order valence-corrected chi connectivity index (χ3v) is 7.78. The van der Waals surface area contributed by atoms with Crippen LogP contribution in [-0.2, 0) is 14.4 Å². The number of amides is 4. The van der Waals surface area contributed by atoms with Gasteiger partial charge in [-0.2, -0.15) is 18.4 Å². The third kappa shape index (κ3) is 6.26. The highest BCUT2D eigenvalue weighted by Gasteiger charge is 2.54. The largest absolute Gasteiger partial charge is 0.477 e. The average molecular weight is 543 g/mol. The van der Waals surface area contributed by atoms with E-state index >= 15 is 0 Å². The molecule has 1 saturated heterocycles. The van der Waals surface area contributed by atoms with Crippen LogP contribution in [0.5, 0.6) is 0 Å². The van der Waals surface area contributed by atoms with Crippen LogP contribution >= 0.6 is 35.3 Å². The predicted molar refractivity (Wildman–Crippen MR) is 114 cm³/mol. The number of nitrogens with one attached hydrogen (secondary N) is 3. The number of rotatable bonds is 10. The molecular weight excluding hydrogens is 525 g/mol. The minimum Gasteiger partial charge on any atom is -0.477 e. The molecule has 2 unspecified atom stereocenters. The second-order valence-corrected chi connectivity index (χ2v) is 10.1. The number of carboxylic acids is 1. The van der Waals surface area contributed by atoms with Crippen molar-refractivity contribution in [3.05, 3.63) is 11.3 Å². The van der Waals surface area contributed by atoms with E-state index < -0.39 is 63.5 Å². The van der Waals surface area contributed by atoms with E-state index in [9.17, 15) is 37.5 Å². The lowest BCUT2D eigenvalue weighted by Crippen LogP contribution is -2.71. The van der Waals surface area contributed by atoms with E-state index in [1.165, 1.54) is 0 Å². The Hall–Kier alpha value is -2.67. The fourth-order valence-electron chi connectivity index (χ4n) is 3.21. The van der Waals surface area contributed by atoms with Gasteiger partial charge in [-0.15, -0.1) is 22.0 Å². The summed E-state index contributed by atoms with van der Waals surface area (Å²) in [6.45, 7) is 0.0961.